The van der Waals surface area contributed by atoms with Crippen molar-refractivity contribution < 1.29 is 5.11 Å². The molecule has 1 aromatic heterocycles. The predicted molar refractivity (Wildman–Crippen MR) is 59.4 cm³/mol. The highest BCUT2D eigenvalue weighted by molar-refractivity contribution is 5.07. The summed E-state index contributed by atoms with van der Waals surface area (Å²) in [6.07, 6.45) is 7.58. The number of nitrogens with zero attached hydrogens (tertiary/aromatic N) is 2. The van der Waals surface area contributed by atoms with Crippen LogP contribution < -0.4 is 0 Å². The molecule has 0 bridgehead atoms. The maximum atomic E-state index is 10.7. The lowest BCUT2D eigenvalue weighted by molar-refractivity contribution is -0.0527. The van der Waals surface area contributed by atoms with Crippen LogP contribution in [0.15, 0.2) is 12.4 Å². The molecule has 0 radical (unpaired) electrons. The molecule has 1 saturated carbocycles. The van der Waals surface area contributed by atoms with Crippen LogP contribution in [0.3, 0.4) is 0 Å². The maximum Gasteiger partial charge on any atom is 0.140 e. The monoisotopic (exact) mass is 208 g/mol. The average molecular weight is 208 g/mol. The molecule has 0 spiro atoms. The minimum atomic E-state index is -0.722. The molecule has 0 aromatic carbocycles. The van der Waals surface area contributed by atoms with Crippen LogP contribution in [0.2, 0.25) is 0 Å². The van der Waals surface area contributed by atoms with Gasteiger partial charge in [0.05, 0.1) is 0 Å². The van der Waals surface area contributed by atoms with Crippen molar-refractivity contribution in [1.29, 1.82) is 0 Å². The van der Waals surface area contributed by atoms with Gasteiger partial charge in [-0.1, -0.05) is 13.8 Å². The molecule has 0 saturated heterocycles. The fourth-order valence-electron chi connectivity index (χ4n) is 2.83. The first-order valence-corrected chi connectivity index (χ1v) is 5.63. The van der Waals surface area contributed by atoms with Crippen LogP contribution in [0, 0.1) is 5.41 Å². The van der Waals surface area contributed by atoms with E-state index in [2.05, 4.69) is 18.8 Å². The van der Waals surface area contributed by atoms with Crippen LogP contribution in [0.1, 0.15) is 45.4 Å². The molecular formula is C12H20N2O. The summed E-state index contributed by atoms with van der Waals surface area (Å²) in [7, 11) is 1.95. The molecular weight excluding hydrogens is 188 g/mol. The van der Waals surface area contributed by atoms with Crippen molar-refractivity contribution in [3.63, 3.8) is 0 Å². The Hall–Kier alpha value is -0.830. The van der Waals surface area contributed by atoms with E-state index in [1.807, 2.05) is 17.8 Å². The van der Waals surface area contributed by atoms with Gasteiger partial charge in [-0.05, 0) is 31.1 Å². The Morgan fingerprint density at radius 1 is 1.40 bits per heavy atom. The molecule has 0 amide bonds. The molecule has 1 heterocycles. The van der Waals surface area contributed by atoms with Crippen molar-refractivity contribution in [2.45, 2.75) is 45.1 Å². The molecule has 1 aromatic rings. The third kappa shape index (κ3) is 1.93. The van der Waals surface area contributed by atoms with E-state index >= 15 is 0 Å². The zero-order valence-corrected chi connectivity index (χ0v) is 9.82. The van der Waals surface area contributed by atoms with E-state index in [0.717, 1.165) is 25.1 Å². The first kappa shape index (κ1) is 10.7. The minimum Gasteiger partial charge on any atom is -0.382 e. The van der Waals surface area contributed by atoms with Crippen molar-refractivity contribution >= 4 is 0 Å². The second-order valence-corrected chi connectivity index (χ2v) is 5.59. The topological polar surface area (TPSA) is 38.0 Å². The van der Waals surface area contributed by atoms with Gasteiger partial charge in [0.2, 0.25) is 0 Å². The molecule has 84 valence electrons. The van der Waals surface area contributed by atoms with Gasteiger partial charge in [0.25, 0.3) is 0 Å². The Morgan fingerprint density at radius 3 is 2.67 bits per heavy atom. The van der Waals surface area contributed by atoms with Gasteiger partial charge >= 0.3 is 0 Å². The molecule has 3 heteroatoms. The normalized spacial score (nSPS) is 30.4. The summed E-state index contributed by atoms with van der Waals surface area (Å²) in [5.41, 5.74) is -0.501. The van der Waals surface area contributed by atoms with Crippen LogP contribution >= 0.6 is 0 Å². The highest BCUT2D eigenvalue weighted by atomic mass is 16.3. The summed E-state index contributed by atoms with van der Waals surface area (Å²) < 4.78 is 1.93. The minimum absolute atomic E-state index is 0.221. The van der Waals surface area contributed by atoms with Gasteiger partial charge in [-0.15, -0.1) is 0 Å². The Balaban J connectivity index is 2.31. The van der Waals surface area contributed by atoms with E-state index in [-0.39, 0.29) is 5.41 Å². The van der Waals surface area contributed by atoms with E-state index in [0.29, 0.717) is 0 Å². The Kier molecular flexibility index (Phi) is 2.38. The van der Waals surface area contributed by atoms with Crippen molar-refractivity contribution in [3.05, 3.63) is 18.2 Å². The summed E-state index contributed by atoms with van der Waals surface area (Å²) in [5.74, 6) is 0.815. The summed E-state index contributed by atoms with van der Waals surface area (Å²) >= 11 is 0. The molecule has 2 rings (SSSR count). The van der Waals surface area contributed by atoms with Crippen molar-refractivity contribution in [1.82, 2.24) is 9.55 Å². The van der Waals surface area contributed by atoms with E-state index in [1.165, 1.54) is 6.42 Å². The highest BCUT2D eigenvalue weighted by Crippen LogP contribution is 2.45. The Morgan fingerprint density at radius 2 is 2.13 bits per heavy atom. The molecule has 1 N–H and O–H groups in total. The van der Waals surface area contributed by atoms with Gasteiger partial charge in [0.1, 0.15) is 11.4 Å². The largest absolute Gasteiger partial charge is 0.382 e. The van der Waals surface area contributed by atoms with Gasteiger partial charge in [-0.2, -0.15) is 0 Å². The second-order valence-electron chi connectivity index (χ2n) is 5.59. The van der Waals surface area contributed by atoms with Gasteiger partial charge < -0.3 is 9.67 Å². The molecule has 1 aliphatic rings. The Labute approximate surface area is 91.1 Å². The highest BCUT2D eigenvalue weighted by Gasteiger charge is 2.41. The maximum absolute atomic E-state index is 10.7. The molecule has 1 unspecified atom stereocenters. The fourth-order valence-corrected chi connectivity index (χ4v) is 2.83. The average Bonchev–Trinajstić information content (AvgIpc) is 2.49. The quantitative estimate of drug-likeness (QED) is 0.768. The van der Waals surface area contributed by atoms with Crippen molar-refractivity contribution in [2.24, 2.45) is 12.5 Å². The summed E-state index contributed by atoms with van der Waals surface area (Å²) in [6.45, 7) is 4.44. The van der Waals surface area contributed by atoms with Crippen LogP contribution in [0.25, 0.3) is 0 Å². The lowest BCUT2D eigenvalue weighted by atomic mass is 9.69. The van der Waals surface area contributed by atoms with Gasteiger partial charge in [-0.3, -0.25) is 0 Å². The van der Waals surface area contributed by atoms with Crippen LogP contribution in [0.5, 0.6) is 0 Å². The van der Waals surface area contributed by atoms with Gasteiger partial charge in [0.15, 0.2) is 0 Å². The van der Waals surface area contributed by atoms with Crippen molar-refractivity contribution in [2.75, 3.05) is 0 Å². The zero-order valence-electron chi connectivity index (χ0n) is 9.82. The fraction of sp³-hybridized carbons (Fsp3) is 0.750. The van der Waals surface area contributed by atoms with E-state index in [9.17, 15) is 5.11 Å². The molecule has 0 aliphatic heterocycles. The summed E-state index contributed by atoms with van der Waals surface area (Å²) in [4.78, 5) is 4.29. The Bertz CT molecular complexity index is 356. The molecule has 3 nitrogen and oxygen atoms in total. The lowest BCUT2D eigenvalue weighted by Gasteiger charge is -2.40. The number of hydrogen-bond acceptors (Lipinski definition) is 2. The summed E-state index contributed by atoms with van der Waals surface area (Å²) in [5, 5.41) is 10.7. The van der Waals surface area contributed by atoms with Gasteiger partial charge in [0, 0.05) is 19.4 Å². The number of hydrogen-bond donors (Lipinski definition) is 1. The number of aromatic nitrogens is 2. The van der Waals surface area contributed by atoms with Gasteiger partial charge in [-0.25, -0.2) is 4.98 Å². The lowest BCUT2D eigenvalue weighted by Crippen LogP contribution is -2.38. The molecule has 1 aliphatic carbocycles. The first-order valence-electron chi connectivity index (χ1n) is 5.63. The molecule has 1 atom stereocenters. The number of aliphatic hydroxyl groups is 1. The second kappa shape index (κ2) is 3.34. The third-order valence-electron chi connectivity index (χ3n) is 3.45. The molecule has 1 fully saturated rings. The van der Waals surface area contributed by atoms with E-state index < -0.39 is 5.60 Å². The van der Waals surface area contributed by atoms with E-state index in [1.54, 1.807) is 6.20 Å². The predicted octanol–water partition coefficient (Wildman–Crippen LogP) is 2.21. The van der Waals surface area contributed by atoms with Crippen LogP contribution in [-0.2, 0) is 12.6 Å². The first-order chi connectivity index (χ1) is 6.93. The third-order valence-corrected chi connectivity index (χ3v) is 3.45. The van der Waals surface area contributed by atoms with E-state index in [4.69, 9.17) is 0 Å². The standard InChI is InChI=1S/C12H20N2O/c1-11(2)5-4-6-12(15,9-11)10-13-7-8-14(10)3/h7-8,15H,4-6,9H2,1-3H3. The molecule has 15 heavy (non-hydrogen) atoms. The SMILES string of the molecule is Cn1ccnc1C1(O)CCCC(C)(C)C1. The zero-order chi connectivity index (χ0) is 11.1. The van der Waals surface area contributed by atoms with Crippen LogP contribution in [0.4, 0.5) is 0 Å². The summed E-state index contributed by atoms with van der Waals surface area (Å²) in [6, 6.07) is 0. The van der Waals surface area contributed by atoms with Crippen molar-refractivity contribution in [3.8, 4) is 0 Å². The number of rotatable bonds is 1. The smallest absolute Gasteiger partial charge is 0.140 e. The number of aryl methyl sites for hydroxylation is 1. The van der Waals surface area contributed by atoms with Crippen LogP contribution in [-0.4, -0.2) is 14.7 Å². The number of imidazole rings is 1.